The van der Waals surface area contributed by atoms with Gasteiger partial charge in [0, 0.05) is 16.3 Å². The molecule has 2 N–H and O–H groups in total. The molecule has 0 saturated carbocycles. The number of benzene rings is 2. The van der Waals surface area contributed by atoms with Gasteiger partial charge in [0.1, 0.15) is 11.3 Å². The van der Waals surface area contributed by atoms with Gasteiger partial charge in [-0.3, -0.25) is 0 Å². The number of hydrogen-bond donors (Lipinski definition) is 2. The summed E-state index contributed by atoms with van der Waals surface area (Å²) in [5, 5.41) is 19.3. The number of halogens is 2. The van der Waals surface area contributed by atoms with Crippen LogP contribution >= 0.6 is 45.2 Å². The molecule has 1 aliphatic carbocycles. The molecule has 4 aromatic rings. The molecule has 2 aromatic carbocycles. The zero-order chi connectivity index (χ0) is 19.4. The topological polar surface area (TPSA) is 66.2 Å². The second kappa shape index (κ2) is 6.84. The maximum atomic E-state index is 10.2. The smallest absolute Gasteiger partial charge is 0.258 e. The number of aromatic amines is 1. The van der Waals surface area contributed by atoms with Crippen molar-refractivity contribution in [2.75, 3.05) is 0 Å². The first-order valence-corrected chi connectivity index (χ1v) is 11.1. The van der Waals surface area contributed by atoms with Crippen molar-refractivity contribution in [2.45, 2.75) is 25.7 Å². The minimum absolute atomic E-state index is 0.321. The summed E-state index contributed by atoms with van der Waals surface area (Å²) < 4.78 is 1.65. The lowest BCUT2D eigenvalue weighted by Crippen LogP contribution is -2.08. The summed E-state index contributed by atoms with van der Waals surface area (Å²) in [5.74, 6) is 0.804. The van der Waals surface area contributed by atoms with Crippen molar-refractivity contribution in [1.82, 2.24) is 15.2 Å². The summed E-state index contributed by atoms with van der Waals surface area (Å²) >= 11 is 4.34. The zero-order valence-corrected chi connectivity index (χ0v) is 19.0. The van der Waals surface area contributed by atoms with Gasteiger partial charge in [-0.1, -0.05) is 6.57 Å². The molecule has 0 saturated heterocycles. The van der Waals surface area contributed by atoms with E-state index < -0.39 is 0 Å². The van der Waals surface area contributed by atoms with Crippen LogP contribution in [0.4, 0.5) is 5.82 Å². The molecular formula is C21H14I2N4O. The van der Waals surface area contributed by atoms with E-state index in [9.17, 15) is 5.11 Å². The van der Waals surface area contributed by atoms with Gasteiger partial charge in [0.05, 0.1) is 18.4 Å². The van der Waals surface area contributed by atoms with Gasteiger partial charge in [-0.05, 0) is 106 Å². The van der Waals surface area contributed by atoms with Gasteiger partial charge in [0.2, 0.25) is 0 Å². The fraction of sp³-hybridized carbons (Fsp3) is 0.190. The molecule has 2 aromatic heterocycles. The molecule has 0 aliphatic heterocycles. The summed E-state index contributed by atoms with van der Waals surface area (Å²) in [4.78, 5) is 8.69. The Bertz CT molecular complexity index is 1300. The van der Waals surface area contributed by atoms with Gasteiger partial charge < -0.3 is 9.95 Å². The van der Waals surface area contributed by atoms with Crippen LogP contribution in [0.1, 0.15) is 24.0 Å². The first kappa shape index (κ1) is 18.1. The summed E-state index contributed by atoms with van der Waals surface area (Å²) in [6, 6.07) is 7.93. The van der Waals surface area contributed by atoms with Gasteiger partial charge in [0.15, 0.2) is 0 Å². The van der Waals surface area contributed by atoms with Crippen molar-refractivity contribution in [3.8, 4) is 17.0 Å². The van der Waals surface area contributed by atoms with E-state index in [1.165, 1.54) is 11.1 Å². The number of pyridine rings is 1. The number of aromatic nitrogens is 3. The molecular weight excluding hydrogens is 578 g/mol. The molecule has 0 atom stereocenters. The standard InChI is InChI=1S/C21H14I2N4O/c1-24-21-18-16(26-27-21)7-6-15-17(18)11-4-2-3-5-12(11)19(25-15)10-8-13(22)20(28)14(23)9-10/h6-9,28H,2-5H2,(H,26,27). The van der Waals surface area contributed by atoms with Crippen LogP contribution in [0.5, 0.6) is 5.75 Å². The van der Waals surface area contributed by atoms with Crippen molar-refractivity contribution in [3.05, 3.63) is 53.9 Å². The number of phenols is 1. The van der Waals surface area contributed by atoms with Crippen LogP contribution < -0.4 is 0 Å². The van der Waals surface area contributed by atoms with Gasteiger partial charge in [-0.2, -0.15) is 0 Å². The highest BCUT2D eigenvalue weighted by molar-refractivity contribution is 14.1. The Kier molecular flexibility index (Phi) is 4.43. The number of aromatic hydroxyl groups is 1. The SMILES string of the molecule is [C-]#[N+]c1[nH]nc2ccc3nc(-c4cc(I)c(O)c(I)c4)c4c(c3c12)CCCC4. The Labute approximate surface area is 188 Å². The van der Waals surface area contributed by atoms with E-state index in [2.05, 4.69) is 60.2 Å². The monoisotopic (exact) mass is 592 g/mol. The molecule has 0 unspecified atom stereocenters. The molecule has 0 fully saturated rings. The normalized spacial score (nSPS) is 13.6. The summed E-state index contributed by atoms with van der Waals surface area (Å²) in [6.07, 6.45) is 4.23. The van der Waals surface area contributed by atoms with E-state index >= 15 is 0 Å². The highest BCUT2D eigenvalue weighted by Crippen LogP contribution is 2.41. The van der Waals surface area contributed by atoms with Crippen molar-refractivity contribution >= 4 is 72.8 Å². The summed E-state index contributed by atoms with van der Waals surface area (Å²) in [5.41, 5.74) is 6.29. The van der Waals surface area contributed by atoms with Gasteiger partial charge >= 0.3 is 0 Å². The number of hydrogen-bond acceptors (Lipinski definition) is 3. The molecule has 5 rings (SSSR count). The second-order valence-corrected chi connectivity index (χ2v) is 9.28. The van der Waals surface area contributed by atoms with Gasteiger partial charge in [-0.15, -0.1) is 5.10 Å². The average Bonchev–Trinajstić information content (AvgIpc) is 3.14. The third-order valence-corrected chi connectivity index (χ3v) is 7.01. The quantitative estimate of drug-likeness (QED) is 0.207. The van der Waals surface area contributed by atoms with E-state index in [-0.39, 0.29) is 0 Å². The molecule has 7 heteroatoms. The molecule has 5 nitrogen and oxygen atoms in total. The lowest BCUT2D eigenvalue weighted by Gasteiger charge is -2.22. The van der Waals surface area contributed by atoms with Crippen LogP contribution in [-0.2, 0) is 12.8 Å². The van der Waals surface area contributed by atoms with Crippen molar-refractivity contribution in [1.29, 1.82) is 0 Å². The molecule has 0 bridgehead atoms. The number of rotatable bonds is 1. The molecule has 1 aliphatic rings. The molecule has 28 heavy (non-hydrogen) atoms. The molecule has 0 radical (unpaired) electrons. The van der Waals surface area contributed by atoms with Gasteiger partial charge in [-0.25, -0.2) is 10.1 Å². The first-order chi connectivity index (χ1) is 13.6. The predicted octanol–water partition coefficient (Wildman–Crippen LogP) is 6.12. The average molecular weight is 592 g/mol. The molecule has 0 spiro atoms. The number of phenolic OH excluding ortho intramolecular Hbond substituents is 1. The summed E-state index contributed by atoms with van der Waals surface area (Å²) in [6.45, 7) is 7.51. The highest BCUT2D eigenvalue weighted by Gasteiger charge is 2.23. The van der Waals surface area contributed by atoms with Crippen LogP contribution in [0.2, 0.25) is 0 Å². The van der Waals surface area contributed by atoms with E-state index in [0.717, 1.165) is 65.9 Å². The van der Waals surface area contributed by atoms with E-state index in [0.29, 0.717) is 11.6 Å². The van der Waals surface area contributed by atoms with Crippen molar-refractivity contribution in [2.24, 2.45) is 0 Å². The Morgan fingerprint density at radius 2 is 1.68 bits per heavy atom. The second-order valence-electron chi connectivity index (χ2n) is 6.95. The maximum absolute atomic E-state index is 10.2. The number of aryl methyl sites for hydroxylation is 1. The van der Waals surface area contributed by atoms with Crippen molar-refractivity contribution in [3.63, 3.8) is 0 Å². The van der Waals surface area contributed by atoms with Crippen molar-refractivity contribution < 1.29 is 5.11 Å². The molecule has 138 valence electrons. The number of nitrogens with one attached hydrogen (secondary N) is 1. The van der Waals surface area contributed by atoms with Crippen LogP contribution in [0.25, 0.3) is 37.9 Å². The fourth-order valence-electron chi connectivity index (χ4n) is 4.13. The fourth-order valence-corrected chi connectivity index (χ4v) is 5.90. The highest BCUT2D eigenvalue weighted by atomic mass is 127. The largest absolute Gasteiger partial charge is 0.506 e. The lowest BCUT2D eigenvalue weighted by molar-refractivity contribution is 0.467. The van der Waals surface area contributed by atoms with E-state index in [1.807, 2.05) is 24.3 Å². The maximum Gasteiger partial charge on any atom is 0.258 e. The van der Waals surface area contributed by atoms with Crippen LogP contribution in [-0.4, -0.2) is 20.3 Å². The van der Waals surface area contributed by atoms with E-state index in [1.54, 1.807) is 0 Å². The Balaban J connectivity index is 1.91. The molecule has 0 amide bonds. The third kappa shape index (κ3) is 2.69. The zero-order valence-electron chi connectivity index (χ0n) is 14.7. The van der Waals surface area contributed by atoms with E-state index in [4.69, 9.17) is 11.6 Å². The Hall–Kier alpha value is -1.93. The molecule has 2 heterocycles. The minimum atomic E-state index is 0.321. The van der Waals surface area contributed by atoms with Gasteiger partial charge in [0.25, 0.3) is 5.82 Å². The Morgan fingerprint density at radius 1 is 1.00 bits per heavy atom. The number of nitrogens with zero attached hydrogens (tertiary/aromatic N) is 3. The minimum Gasteiger partial charge on any atom is -0.506 e. The van der Waals surface area contributed by atoms with Crippen LogP contribution in [0.3, 0.4) is 0 Å². The predicted molar refractivity (Wildman–Crippen MR) is 127 cm³/mol. The van der Waals surface area contributed by atoms with Crippen LogP contribution in [0, 0.1) is 13.7 Å². The Morgan fingerprint density at radius 3 is 2.39 bits per heavy atom. The summed E-state index contributed by atoms with van der Waals surface area (Å²) in [7, 11) is 0. The lowest BCUT2D eigenvalue weighted by atomic mass is 9.85. The van der Waals surface area contributed by atoms with Crippen LogP contribution in [0.15, 0.2) is 24.3 Å². The number of fused-ring (bicyclic) bond motifs is 5. The number of H-pyrrole nitrogens is 1. The first-order valence-electron chi connectivity index (χ1n) is 8.97. The third-order valence-electron chi connectivity index (χ3n) is 5.37.